The summed E-state index contributed by atoms with van der Waals surface area (Å²) in [7, 11) is 0. The predicted molar refractivity (Wildman–Crippen MR) is 117 cm³/mol. The van der Waals surface area contributed by atoms with Gasteiger partial charge in [0, 0.05) is 29.5 Å². The molecule has 1 amide bonds. The molecule has 2 aromatic heterocycles. The van der Waals surface area contributed by atoms with Gasteiger partial charge < -0.3 is 15.2 Å². The molecular formula is C23H23F2N3O3S. The Bertz CT molecular complexity index is 1090. The van der Waals surface area contributed by atoms with Crippen molar-refractivity contribution in [1.29, 1.82) is 0 Å². The maximum absolute atomic E-state index is 14.1. The Morgan fingerprint density at radius 2 is 2.06 bits per heavy atom. The standard InChI is InChI=1S/C23H23F2N3O3S/c1-3-13-12(2)31-20(9-19(13)29)14-7-8-26-10-17(14)27-22(30)18-11-32-23(28-18)21-15(24)5-4-6-16(21)25/h4-8,10-13,19-20,29H,3,9H2,1-2H3,(H,27,30). The van der Waals surface area contributed by atoms with E-state index >= 15 is 0 Å². The van der Waals surface area contributed by atoms with E-state index in [4.69, 9.17) is 4.74 Å². The third-order valence-electron chi connectivity index (χ3n) is 5.77. The van der Waals surface area contributed by atoms with Crippen LogP contribution in [0, 0.1) is 17.6 Å². The van der Waals surface area contributed by atoms with Crippen LogP contribution in [0.25, 0.3) is 10.6 Å². The van der Waals surface area contributed by atoms with E-state index in [2.05, 4.69) is 15.3 Å². The van der Waals surface area contributed by atoms with Crippen LogP contribution in [0.3, 0.4) is 0 Å². The summed E-state index contributed by atoms with van der Waals surface area (Å²) in [5.41, 5.74) is 0.905. The van der Waals surface area contributed by atoms with Gasteiger partial charge in [-0.2, -0.15) is 0 Å². The number of nitrogens with zero attached hydrogens (tertiary/aromatic N) is 2. The fraction of sp³-hybridized carbons (Fsp3) is 0.348. The van der Waals surface area contributed by atoms with Gasteiger partial charge in [-0.05, 0) is 31.5 Å². The number of nitrogens with one attached hydrogen (secondary N) is 1. The molecule has 3 heterocycles. The number of hydrogen-bond acceptors (Lipinski definition) is 6. The number of anilines is 1. The highest BCUT2D eigenvalue weighted by atomic mass is 32.1. The molecule has 1 aromatic carbocycles. The monoisotopic (exact) mass is 459 g/mol. The van der Waals surface area contributed by atoms with Crippen molar-refractivity contribution in [3.8, 4) is 10.6 Å². The first kappa shape index (κ1) is 22.4. The van der Waals surface area contributed by atoms with Crippen molar-refractivity contribution < 1.29 is 23.4 Å². The van der Waals surface area contributed by atoms with E-state index in [0.717, 1.165) is 29.9 Å². The van der Waals surface area contributed by atoms with Crippen molar-refractivity contribution in [3.63, 3.8) is 0 Å². The minimum atomic E-state index is -0.742. The first-order valence-corrected chi connectivity index (χ1v) is 11.3. The first-order valence-electron chi connectivity index (χ1n) is 10.4. The third kappa shape index (κ3) is 4.41. The van der Waals surface area contributed by atoms with Crippen molar-refractivity contribution in [2.24, 2.45) is 5.92 Å². The number of carbonyl (C=O) groups is 1. The fourth-order valence-corrected chi connectivity index (χ4v) is 4.95. The van der Waals surface area contributed by atoms with E-state index in [1.54, 1.807) is 12.3 Å². The van der Waals surface area contributed by atoms with Gasteiger partial charge in [0.2, 0.25) is 0 Å². The van der Waals surface area contributed by atoms with Gasteiger partial charge in [-0.25, -0.2) is 13.8 Å². The van der Waals surface area contributed by atoms with Gasteiger partial charge in [-0.15, -0.1) is 11.3 Å². The second-order valence-electron chi connectivity index (χ2n) is 7.76. The van der Waals surface area contributed by atoms with Gasteiger partial charge in [-0.3, -0.25) is 9.78 Å². The molecule has 0 radical (unpaired) electrons. The highest BCUT2D eigenvalue weighted by Crippen LogP contribution is 2.38. The highest BCUT2D eigenvalue weighted by Gasteiger charge is 2.36. The molecule has 6 nitrogen and oxygen atoms in total. The van der Waals surface area contributed by atoms with E-state index < -0.39 is 29.7 Å². The number of pyridine rings is 1. The molecule has 9 heteroatoms. The molecule has 0 bridgehead atoms. The number of rotatable bonds is 5. The second kappa shape index (κ2) is 9.40. The number of aromatic nitrogens is 2. The zero-order valence-corrected chi connectivity index (χ0v) is 18.4. The largest absolute Gasteiger partial charge is 0.393 e. The summed E-state index contributed by atoms with van der Waals surface area (Å²) >= 11 is 0.980. The first-order chi connectivity index (χ1) is 15.4. The maximum atomic E-state index is 14.1. The van der Waals surface area contributed by atoms with Crippen LogP contribution in [-0.2, 0) is 4.74 Å². The lowest BCUT2D eigenvalue weighted by molar-refractivity contribution is -0.131. The topological polar surface area (TPSA) is 84.3 Å². The zero-order valence-electron chi connectivity index (χ0n) is 17.6. The molecule has 0 spiro atoms. The Labute approximate surface area is 188 Å². The normalized spacial score (nSPS) is 23.2. The van der Waals surface area contributed by atoms with Gasteiger partial charge >= 0.3 is 0 Å². The molecule has 0 aliphatic carbocycles. The van der Waals surface area contributed by atoms with Crippen LogP contribution in [0.5, 0.6) is 0 Å². The number of aliphatic hydroxyl groups is 1. The fourth-order valence-electron chi connectivity index (χ4n) is 4.10. The predicted octanol–water partition coefficient (Wildman–Crippen LogP) is 4.97. The van der Waals surface area contributed by atoms with Gasteiger partial charge in [0.15, 0.2) is 0 Å². The number of thiazole rings is 1. The van der Waals surface area contributed by atoms with E-state index in [1.807, 2.05) is 13.8 Å². The lowest BCUT2D eigenvalue weighted by Crippen LogP contribution is -2.39. The van der Waals surface area contributed by atoms with E-state index in [1.165, 1.54) is 17.6 Å². The molecule has 2 N–H and O–H groups in total. The molecule has 1 aliphatic heterocycles. The summed E-state index contributed by atoms with van der Waals surface area (Å²) in [6.07, 6.45) is 3.26. The molecule has 4 atom stereocenters. The van der Waals surface area contributed by atoms with Crippen molar-refractivity contribution in [1.82, 2.24) is 9.97 Å². The molecular weight excluding hydrogens is 436 g/mol. The number of halogens is 2. The third-order valence-corrected chi connectivity index (χ3v) is 6.63. The van der Waals surface area contributed by atoms with Crippen LogP contribution in [0.15, 0.2) is 42.0 Å². The van der Waals surface area contributed by atoms with Gasteiger partial charge in [0.1, 0.15) is 22.3 Å². The summed E-state index contributed by atoms with van der Waals surface area (Å²) in [6.45, 7) is 3.95. The minimum absolute atomic E-state index is 0.0338. The molecule has 1 aliphatic rings. The zero-order chi connectivity index (χ0) is 22.8. The Balaban J connectivity index is 1.55. The van der Waals surface area contributed by atoms with E-state index in [9.17, 15) is 18.7 Å². The summed E-state index contributed by atoms with van der Waals surface area (Å²) in [6, 6.07) is 5.30. The summed E-state index contributed by atoms with van der Waals surface area (Å²) in [4.78, 5) is 21.0. The average Bonchev–Trinajstić information content (AvgIpc) is 3.24. The summed E-state index contributed by atoms with van der Waals surface area (Å²) in [5.74, 6) is -1.96. The van der Waals surface area contributed by atoms with Crippen molar-refractivity contribution >= 4 is 22.9 Å². The van der Waals surface area contributed by atoms with Gasteiger partial charge in [0.05, 0.1) is 35.8 Å². The van der Waals surface area contributed by atoms with Crippen LogP contribution in [0.2, 0.25) is 0 Å². The SMILES string of the molecule is CCC1C(O)CC(c2ccncc2NC(=O)c2csc(-c3c(F)cccc3F)n2)OC1C. The van der Waals surface area contributed by atoms with E-state index in [-0.39, 0.29) is 28.3 Å². The Hall–Kier alpha value is -2.75. The number of aliphatic hydroxyl groups excluding tert-OH is 1. The summed E-state index contributed by atoms with van der Waals surface area (Å²) < 4.78 is 34.2. The van der Waals surface area contributed by atoms with Crippen molar-refractivity contribution in [2.75, 3.05) is 5.32 Å². The molecule has 1 fully saturated rings. The maximum Gasteiger partial charge on any atom is 0.275 e. The molecule has 32 heavy (non-hydrogen) atoms. The molecule has 3 aromatic rings. The number of amides is 1. The number of benzene rings is 1. The van der Waals surface area contributed by atoms with Gasteiger partial charge in [0.25, 0.3) is 5.91 Å². The molecule has 0 saturated carbocycles. The lowest BCUT2D eigenvalue weighted by Gasteiger charge is -2.38. The Morgan fingerprint density at radius 3 is 2.75 bits per heavy atom. The molecule has 1 saturated heterocycles. The van der Waals surface area contributed by atoms with Crippen molar-refractivity contribution in [3.05, 3.63) is 64.9 Å². The number of ether oxygens (including phenoxy) is 1. The number of hydrogen-bond donors (Lipinski definition) is 2. The molecule has 4 unspecified atom stereocenters. The molecule has 4 rings (SSSR count). The number of carbonyl (C=O) groups excluding carboxylic acids is 1. The minimum Gasteiger partial charge on any atom is -0.393 e. The highest BCUT2D eigenvalue weighted by molar-refractivity contribution is 7.13. The Kier molecular flexibility index (Phi) is 6.59. The quantitative estimate of drug-likeness (QED) is 0.563. The lowest BCUT2D eigenvalue weighted by atomic mass is 9.85. The second-order valence-corrected chi connectivity index (χ2v) is 8.61. The molecule has 168 valence electrons. The summed E-state index contributed by atoms with van der Waals surface area (Å²) in [5, 5.41) is 14.8. The Morgan fingerprint density at radius 1 is 1.31 bits per heavy atom. The van der Waals surface area contributed by atoms with Crippen LogP contribution in [0.4, 0.5) is 14.5 Å². The van der Waals surface area contributed by atoms with E-state index in [0.29, 0.717) is 17.7 Å². The van der Waals surface area contributed by atoms with Crippen LogP contribution in [-0.4, -0.2) is 33.2 Å². The van der Waals surface area contributed by atoms with Crippen LogP contribution < -0.4 is 5.32 Å². The van der Waals surface area contributed by atoms with Gasteiger partial charge in [-0.1, -0.05) is 13.0 Å². The van der Waals surface area contributed by atoms with Crippen molar-refractivity contribution in [2.45, 2.75) is 45.0 Å². The van der Waals surface area contributed by atoms with Crippen LogP contribution >= 0.6 is 11.3 Å². The van der Waals surface area contributed by atoms with Crippen LogP contribution in [0.1, 0.15) is 48.8 Å². The smallest absolute Gasteiger partial charge is 0.275 e. The average molecular weight is 460 g/mol.